The van der Waals surface area contributed by atoms with E-state index in [0.717, 1.165) is 7.11 Å². The smallest absolute Gasteiger partial charge is 0.469 e. The standard InChI is InChI=1S/C10H7F5N2O5/c1-21-7(18)3-4-8(17(19)20)6(22-10(13,14)15)2-5(16-4)9(11)12/h2,9H,3H2,1H3. The van der Waals surface area contributed by atoms with Gasteiger partial charge in [-0.25, -0.2) is 13.8 Å². The molecule has 0 radical (unpaired) electrons. The lowest BCUT2D eigenvalue weighted by atomic mass is 10.2. The molecule has 1 aromatic heterocycles. The minimum atomic E-state index is -5.35. The summed E-state index contributed by atoms with van der Waals surface area (Å²) in [6.45, 7) is 0. The van der Waals surface area contributed by atoms with Crippen LogP contribution in [0.25, 0.3) is 0 Å². The molecule has 0 N–H and O–H groups in total. The second kappa shape index (κ2) is 6.49. The fourth-order valence-electron chi connectivity index (χ4n) is 1.43. The Labute approximate surface area is 118 Å². The number of aromatic nitrogens is 1. The maximum Gasteiger partial charge on any atom is 0.573 e. The highest BCUT2D eigenvalue weighted by atomic mass is 19.4. The van der Waals surface area contributed by atoms with E-state index in [-0.39, 0.29) is 6.07 Å². The SMILES string of the molecule is COC(=O)Cc1nc(C(F)F)cc(OC(F)(F)F)c1[N+](=O)[O-]. The zero-order chi connectivity index (χ0) is 17.1. The molecule has 0 unspecified atom stereocenters. The van der Waals surface area contributed by atoms with E-state index in [0.29, 0.717) is 0 Å². The molecule has 7 nitrogen and oxygen atoms in total. The van der Waals surface area contributed by atoms with Gasteiger partial charge in [-0.05, 0) is 0 Å². The Morgan fingerprint density at radius 3 is 2.45 bits per heavy atom. The van der Waals surface area contributed by atoms with Crippen LogP contribution in [0.5, 0.6) is 5.75 Å². The predicted molar refractivity (Wildman–Crippen MR) is 58.3 cm³/mol. The van der Waals surface area contributed by atoms with Crippen molar-refractivity contribution in [3.05, 3.63) is 27.6 Å². The van der Waals surface area contributed by atoms with Crippen LogP contribution in [0.1, 0.15) is 17.8 Å². The summed E-state index contributed by atoms with van der Waals surface area (Å²) < 4.78 is 69.5. The maximum atomic E-state index is 12.6. The summed E-state index contributed by atoms with van der Waals surface area (Å²) in [6, 6.07) is 0.0943. The molecule has 0 fully saturated rings. The van der Waals surface area contributed by atoms with Gasteiger partial charge in [0.15, 0.2) is 0 Å². The number of alkyl halides is 5. The number of nitrogens with zero attached hydrogens (tertiary/aromatic N) is 2. The highest BCUT2D eigenvalue weighted by Gasteiger charge is 2.37. The molecule has 0 aromatic carbocycles. The summed E-state index contributed by atoms with van der Waals surface area (Å²) in [4.78, 5) is 23.8. The second-order valence-electron chi connectivity index (χ2n) is 3.70. The first-order chi connectivity index (χ1) is 10.0. The average Bonchev–Trinajstić information content (AvgIpc) is 2.35. The molecule has 1 aromatic rings. The van der Waals surface area contributed by atoms with Gasteiger partial charge in [-0.1, -0.05) is 0 Å². The van der Waals surface area contributed by atoms with Crippen LogP contribution in [0.2, 0.25) is 0 Å². The Morgan fingerprint density at radius 2 is 2.05 bits per heavy atom. The predicted octanol–water partition coefficient (Wildman–Crippen LogP) is 2.54. The van der Waals surface area contributed by atoms with Crippen LogP contribution in [0.4, 0.5) is 27.6 Å². The van der Waals surface area contributed by atoms with E-state index in [1.807, 2.05) is 0 Å². The van der Waals surface area contributed by atoms with Crippen molar-refractivity contribution in [1.29, 1.82) is 0 Å². The summed E-state index contributed by atoms with van der Waals surface area (Å²) in [5.74, 6) is -2.60. The quantitative estimate of drug-likeness (QED) is 0.357. The van der Waals surface area contributed by atoms with Crippen LogP contribution in [-0.2, 0) is 16.0 Å². The van der Waals surface area contributed by atoms with Crippen molar-refractivity contribution in [2.45, 2.75) is 19.2 Å². The van der Waals surface area contributed by atoms with Crippen LogP contribution in [0.3, 0.4) is 0 Å². The van der Waals surface area contributed by atoms with Crippen LogP contribution in [-0.4, -0.2) is 29.3 Å². The van der Waals surface area contributed by atoms with Crippen molar-refractivity contribution in [3.63, 3.8) is 0 Å². The molecule has 12 heteroatoms. The largest absolute Gasteiger partial charge is 0.573 e. The molecular weight excluding hydrogens is 323 g/mol. The van der Waals surface area contributed by atoms with E-state index in [4.69, 9.17) is 0 Å². The topological polar surface area (TPSA) is 91.6 Å². The van der Waals surface area contributed by atoms with E-state index in [1.165, 1.54) is 0 Å². The third kappa shape index (κ3) is 4.49. The Morgan fingerprint density at radius 1 is 1.45 bits per heavy atom. The summed E-state index contributed by atoms with van der Waals surface area (Å²) in [7, 11) is 0.901. The molecule has 0 aliphatic heterocycles. The van der Waals surface area contributed by atoms with Crippen LogP contribution in [0, 0.1) is 10.1 Å². The van der Waals surface area contributed by atoms with Gasteiger partial charge in [-0.15, -0.1) is 13.2 Å². The third-order valence-corrected chi connectivity index (χ3v) is 2.22. The van der Waals surface area contributed by atoms with Crippen molar-refractivity contribution in [2.75, 3.05) is 7.11 Å². The molecule has 0 saturated carbocycles. The third-order valence-electron chi connectivity index (χ3n) is 2.22. The number of pyridine rings is 1. The monoisotopic (exact) mass is 330 g/mol. The summed E-state index contributed by atoms with van der Waals surface area (Å²) in [5, 5.41) is 10.9. The average molecular weight is 330 g/mol. The number of ether oxygens (including phenoxy) is 2. The van der Waals surface area contributed by atoms with Crippen LogP contribution >= 0.6 is 0 Å². The molecule has 1 heterocycles. The molecule has 0 atom stereocenters. The van der Waals surface area contributed by atoms with E-state index < -0.39 is 52.9 Å². The van der Waals surface area contributed by atoms with E-state index in [1.54, 1.807) is 0 Å². The molecule has 1 rings (SSSR count). The minimum absolute atomic E-state index is 0.0943. The molecule has 0 amide bonds. The number of rotatable bonds is 5. The number of halogens is 5. The minimum Gasteiger partial charge on any atom is -0.469 e. The number of hydrogen-bond acceptors (Lipinski definition) is 6. The van der Waals surface area contributed by atoms with Gasteiger partial charge in [-0.3, -0.25) is 14.9 Å². The van der Waals surface area contributed by atoms with Gasteiger partial charge in [-0.2, -0.15) is 0 Å². The van der Waals surface area contributed by atoms with Crippen molar-refractivity contribution >= 4 is 11.7 Å². The van der Waals surface area contributed by atoms with Crippen LogP contribution in [0.15, 0.2) is 6.07 Å². The van der Waals surface area contributed by atoms with Gasteiger partial charge >= 0.3 is 18.0 Å². The van der Waals surface area contributed by atoms with Crippen molar-refractivity contribution < 1.29 is 41.1 Å². The molecule has 0 saturated heterocycles. The Hall–Kier alpha value is -2.53. The lowest BCUT2D eigenvalue weighted by molar-refractivity contribution is -0.389. The molecule has 0 spiro atoms. The first kappa shape index (κ1) is 17.5. The van der Waals surface area contributed by atoms with Gasteiger partial charge < -0.3 is 9.47 Å². The zero-order valence-corrected chi connectivity index (χ0v) is 10.7. The molecule has 122 valence electrons. The fourth-order valence-corrected chi connectivity index (χ4v) is 1.43. The number of methoxy groups -OCH3 is 1. The molecule has 0 bridgehead atoms. The van der Waals surface area contributed by atoms with E-state index in [9.17, 15) is 36.9 Å². The summed E-state index contributed by atoms with van der Waals surface area (Å²) in [5.41, 5.74) is -3.47. The highest BCUT2D eigenvalue weighted by Crippen LogP contribution is 2.37. The molecule has 0 aliphatic carbocycles. The van der Waals surface area contributed by atoms with E-state index >= 15 is 0 Å². The number of esters is 1. The summed E-state index contributed by atoms with van der Waals surface area (Å²) in [6.07, 6.45) is -9.65. The first-order valence-electron chi connectivity index (χ1n) is 5.34. The first-order valence-corrected chi connectivity index (χ1v) is 5.34. The van der Waals surface area contributed by atoms with Gasteiger partial charge in [0.25, 0.3) is 6.43 Å². The van der Waals surface area contributed by atoms with Gasteiger partial charge in [0.05, 0.1) is 18.5 Å². The lowest BCUT2D eigenvalue weighted by Crippen LogP contribution is -2.19. The van der Waals surface area contributed by atoms with Gasteiger partial charge in [0.1, 0.15) is 11.4 Å². The summed E-state index contributed by atoms with van der Waals surface area (Å²) >= 11 is 0. The van der Waals surface area contributed by atoms with E-state index in [2.05, 4.69) is 14.5 Å². The normalized spacial score (nSPS) is 11.4. The van der Waals surface area contributed by atoms with Crippen molar-refractivity contribution in [2.24, 2.45) is 0 Å². The maximum absolute atomic E-state index is 12.6. The van der Waals surface area contributed by atoms with Crippen molar-refractivity contribution in [1.82, 2.24) is 4.98 Å². The molecule has 0 aliphatic rings. The van der Waals surface area contributed by atoms with Crippen molar-refractivity contribution in [3.8, 4) is 5.75 Å². The van der Waals surface area contributed by atoms with Gasteiger partial charge in [0, 0.05) is 6.07 Å². The van der Waals surface area contributed by atoms with Gasteiger partial charge in [0.2, 0.25) is 5.75 Å². The zero-order valence-electron chi connectivity index (χ0n) is 10.7. The number of carbonyl (C=O) groups is 1. The fraction of sp³-hybridized carbons (Fsp3) is 0.400. The Balaban J connectivity index is 3.50. The highest BCUT2D eigenvalue weighted by molar-refractivity contribution is 5.74. The Bertz CT molecular complexity index is 590. The van der Waals surface area contributed by atoms with Crippen LogP contribution < -0.4 is 4.74 Å². The molecular formula is C10H7F5N2O5. The Kier molecular flexibility index (Phi) is 5.17. The number of hydrogen-bond donors (Lipinski definition) is 0. The molecule has 22 heavy (non-hydrogen) atoms. The number of carbonyl (C=O) groups excluding carboxylic acids is 1. The number of nitro groups is 1. The lowest BCUT2D eigenvalue weighted by Gasteiger charge is -2.12. The second-order valence-corrected chi connectivity index (χ2v) is 3.70.